The number of nitrogen functional groups attached to an aromatic ring is 1. The molecule has 0 radical (unpaired) electrons. The van der Waals surface area contributed by atoms with E-state index >= 15 is 0 Å². The maximum Gasteiger partial charge on any atom is 0.242 e. The molecule has 5 heteroatoms. The van der Waals surface area contributed by atoms with Crippen molar-refractivity contribution in [2.75, 3.05) is 11.1 Å². The Labute approximate surface area is 109 Å². The van der Waals surface area contributed by atoms with E-state index in [4.69, 9.17) is 5.73 Å². The molecule has 0 aliphatic carbocycles. The Kier molecular flexibility index (Phi) is 2.68. The number of aromatic nitrogens is 1. The lowest BCUT2D eigenvalue weighted by Crippen LogP contribution is -2.23. The lowest BCUT2D eigenvalue weighted by atomic mass is 10.1. The minimum absolute atomic E-state index is 0.0238. The fourth-order valence-corrected chi connectivity index (χ4v) is 2.98. The van der Waals surface area contributed by atoms with Crippen molar-refractivity contribution < 1.29 is 4.79 Å². The van der Waals surface area contributed by atoms with Gasteiger partial charge in [0.1, 0.15) is 5.25 Å². The number of carbonyl (C=O) groups is 1. The van der Waals surface area contributed by atoms with Crippen molar-refractivity contribution in [1.82, 2.24) is 4.98 Å². The van der Waals surface area contributed by atoms with Crippen LogP contribution in [0, 0.1) is 0 Å². The maximum atomic E-state index is 12.1. The van der Waals surface area contributed by atoms with Gasteiger partial charge in [0, 0.05) is 23.0 Å². The molecule has 1 aliphatic heterocycles. The van der Waals surface area contributed by atoms with Crippen molar-refractivity contribution in [3.63, 3.8) is 0 Å². The minimum atomic E-state index is -0.232. The Morgan fingerprint density at radius 3 is 2.78 bits per heavy atom. The fraction of sp³-hybridized carbons (Fsp3) is 0.0769. The molecule has 1 aromatic carbocycles. The molecule has 2 aromatic rings. The van der Waals surface area contributed by atoms with Crippen molar-refractivity contribution >= 4 is 29.0 Å². The van der Waals surface area contributed by atoms with E-state index < -0.39 is 0 Å². The number of carbonyl (C=O) groups excluding carboxylic acids is 1. The van der Waals surface area contributed by atoms with Gasteiger partial charge in [0.25, 0.3) is 0 Å². The smallest absolute Gasteiger partial charge is 0.242 e. The molecule has 1 aromatic heterocycles. The van der Waals surface area contributed by atoms with E-state index in [1.165, 1.54) is 11.8 Å². The van der Waals surface area contributed by atoms with Crippen LogP contribution in [0.3, 0.4) is 0 Å². The highest BCUT2D eigenvalue weighted by atomic mass is 32.2. The van der Waals surface area contributed by atoms with Gasteiger partial charge in [-0.3, -0.25) is 9.78 Å². The molecule has 1 amide bonds. The van der Waals surface area contributed by atoms with Crippen LogP contribution in [-0.4, -0.2) is 10.9 Å². The topological polar surface area (TPSA) is 68.0 Å². The van der Waals surface area contributed by atoms with Gasteiger partial charge < -0.3 is 11.1 Å². The third kappa shape index (κ3) is 1.93. The van der Waals surface area contributed by atoms with Crippen LogP contribution < -0.4 is 11.1 Å². The highest BCUT2D eigenvalue weighted by Gasteiger charge is 2.28. The molecule has 1 atom stereocenters. The summed E-state index contributed by atoms with van der Waals surface area (Å²) < 4.78 is 0. The minimum Gasteiger partial charge on any atom is -0.399 e. The molecule has 0 saturated carbocycles. The molecule has 2 heterocycles. The molecule has 18 heavy (non-hydrogen) atoms. The average Bonchev–Trinajstić information content (AvgIpc) is 2.39. The second-order valence-electron chi connectivity index (χ2n) is 4.02. The summed E-state index contributed by atoms with van der Waals surface area (Å²) in [6.07, 6.45) is 3.39. The van der Waals surface area contributed by atoms with Crippen LogP contribution in [0.2, 0.25) is 0 Å². The van der Waals surface area contributed by atoms with E-state index in [2.05, 4.69) is 10.3 Å². The number of rotatable bonds is 1. The van der Waals surface area contributed by atoms with Gasteiger partial charge in [-0.1, -0.05) is 0 Å². The second-order valence-corrected chi connectivity index (χ2v) is 5.17. The molecule has 0 fully saturated rings. The first kappa shape index (κ1) is 11.1. The number of nitrogens with one attached hydrogen (secondary N) is 1. The number of benzene rings is 1. The van der Waals surface area contributed by atoms with Gasteiger partial charge in [-0.05, 0) is 35.9 Å². The standard InChI is InChI=1S/C13H11N3OS/c14-9-1-2-11-10(7-9)16-13(17)12(18-11)8-3-5-15-6-4-8/h1-7,12H,14H2,(H,16,17). The molecular weight excluding hydrogens is 246 g/mol. The highest BCUT2D eigenvalue weighted by Crippen LogP contribution is 2.44. The Bertz CT molecular complexity index is 600. The van der Waals surface area contributed by atoms with E-state index in [1.807, 2.05) is 24.3 Å². The Morgan fingerprint density at radius 2 is 2.00 bits per heavy atom. The highest BCUT2D eigenvalue weighted by molar-refractivity contribution is 8.00. The number of pyridine rings is 1. The van der Waals surface area contributed by atoms with Gasteiger partial charge in [-0.15, -0.1) is 11.8 Å². The summed E-state index contributed by atoms with van der Waals surface area (Å²) in [5.74, 6) is -0.0238. The van der Waals surface area contributed by atoms with E-state index in [0.29, 0.717) is 5.69 Å². The fourth-order valence-electron chi connectivity index (χ4n) is 1.88. The molecule has 4 nitrogen and oxygen atoms in total. The molecule has 1 unspecified atom stereocenters. The van der Waals surface area contributed by atoms with Crippen molar-refractivity contribution in [3.05, 3.63) is 48.3 Å². The number of nitrogens with two attached hydrogens (primary N) is 1. The van der Waals surface area contributed by atoms with Crippen LogP contribution in [0.25, 0.3) is 0 Å². The number of fused-ring (bicyclic) bond motifs is 1. The molecule has 90 valence electrons. The first-order valence-corrected chi connectivity index (χ1v) is 6.39. The van der Waals surface area contributed by atoms with Gasteiger partial charge in [0.05, 0.1) is 5.69 Å². The Hall–Kier alpha value is -2.01. The van der Waals surface area contributed by atoms with E-state index in [-0.39, 0.29) is 11.2 Å². The number of hydrogen-bond acceptors (Lipinski definition) is 4. The normalized spacial score (nSPS) is 18.0. The van der Waals surface area contributed by atoms with Crippen molar-refractivity contribution in [3.8, 4) is 0 Å². The average molecular weight is 257 g/mol. The lowest BCUT2D eigenvalue weighted by molar-refractivity contribution is -0.115. The predicted octanol–water partition coefficient (Wildman–Crippen LogP) is 2.45. The van der Waals surface area contributed by atoms with E-state index in [9.17, 15) is 4.79 Å². The first-order chi connectivity index (χ1) is 8.74. The lowest BCUT2D eigenvalue weighted by Gasteiger charge is -2.24. The van der Waals surface area contributed by atoms with Gasteiger partial charge in [0.2, 0.25) is 5.91 Å². The van der Waals surface area contributed by atoms with Crippen molar-refractivity contribution in [1.29, 1.82) is 0 Å². The van der Waals surface area contributed by atoms with Gasteiger partial charge in [-0.25, -0.2) is 0 Å². The zero-order valence-corrected chi connectivity index (χ0v) is 10.3. The monoisotopic (exact) mass is 257 g/mol. The Balaban J connectivity index is 1.97. The molecule has 3 N–H and O–H groups in total. The number of anilines is 2. The van der Waals surface area contributed by atoms with Gasteiger partial charge >= 0.3 is 0 Å². The van der Waals surface area contributed by atoms with Crippen molar-refractivity contribution in [2.45, 2.75) is 10.1 Å². The largest absolute Gasteiger partial charge is 0.399 e. The van der Waals surface area contributed by atoms with Crippen LogP contribution in [0.4, 0.5) is 11.4 Å². The maximum absolute atomic E-state index is 12.1. The van der Waals surface area contributed by atoms with E-state index in [0.717, 1.165) is 16.1 Å². The molecule has 0 spiro atoms. The summed E-state index contributed by atoms with van der Waals surface area (Å²) in [4.78, 5) is 17.1. The third-order valence-corrected chi connectivity index (χ3v) is 4.09. The van der Waals surface area contributed by atoms with Crippen LogP contribution in [0.1, 0.15) is 10.8 Å². The van der Waals surface area contributed by atoms with Crippen LogP contribution in [-0.2, 0) is 4.79 Å². The predicted molar refractivity (Wildman–Crippen MR) is 72.3 cm³/mol. The number of hydrogen-bond donors (Lipinski definition) is 2. The third-order valence-electron chi connectivity index (χ3n) is 2.75. The zero-order valence-electron chi connectivity index (χ0n) is 9.46. The molecular formula is C13H11N3OS. The zero-order chi connectivity index (χ0) is 12.5. The van der Waals surface area contributed by atoms with Crippen LogP contribution in [0.5, 0.6) is 0 Å². The molecule has 0 saturated heterocycles. The number of nitrogens with zero attached hydrogens (tertiary/aromatic N) is 1. The van der Waals surface area contributed by atoms with Gasteiger partial charge in [0.15, 0.2) is 0 Å². The number of amides is 1. The number of thioether (sulfide) groups is 1. The van der Waals surface area contributed by atoms with Gasteiger partial charge in [-0.2, -0.15) is 0 Å². The SMILES string of the molecule is Nc1ccc2c(c1)NC(=O)C(c1ccncc1)S2. The summed E-state index contributed by atoms with van der Waals surface area (Å²) in [6, 6.07) is 9.28. The second kappa shape index (κ2) is 4.34. The summed E-state index contributed by atoms with van der Waals surface area (Å²) >= 11 is 1.53. The van der Waals surface area contributed by atoms with Crippen LogP contribution in [0.15, 0.2) is 47.6 Å². The van der Waals surface area contributed by atoms with Crippen molar-refractivity contribution in [2.24, 2.45) is 0 Å². The quantitative estimate of drug-likeness (QED) is 0.770. The molecule has 0 bridgehead atoms. The van der Waals surface area contributed by atoms with Crippen LogP contribution >= 0.6 is 11.8 Å². The summed E-state index contributed by atoms with van der Waals surface area (Å²) in [6.45, 7) is 0. The summed E-state index contributed by atoms with van der Waals surface area (Å²) in [5.41, 5.74) is 8.10. The molecule has 1 aliphatic rings. The Morgan fingerprint density at radius 1 is 1.22 bits per heavy atom. The summed E-state index contributed by atoms with van der Waals surface area (Å²) in [7, 11) is 0. The summed E-state index contributed by atoms with van der Waals surface area (Å²) in [5, 5.41) is 2.66. The molecule has 3 rings (SSSR count). The first-order valence-electron chi connectivity index (χ1n) is 5.51. The van der Waals surface area contributed by atoms with E-state index in [1.54, 1.807) is 18.5 Å².